The highest BCUT2D eigenvalue weighted by atomic mass is 16.2. The van der Waals surface area contributed by atoms with E-state index in [9.17, 15) is 9.59 Å². The van der Waals surface area contributed by atoms with E-state index < -0.39 is 0 Å². The molecule has 0 fully saturated rings. The molecule has 17 heavy (non-hydrogen) atoms. The lowest BCUT2D eigenvalue weighted by Gasteiger charge is -2.32. The molecule has 6 nitrogen and oxygen atoms in total. The maximum atomic E-state index is 12.1. The fourth-order valence-corrected chi connectivity index (χ4v) is 1.82. The molecule has 6 heteroatoms. The van der Waals surface area contributed by atoms with E-state index in [1.165, 1.54) is 18.2 Å². The van der Waals surface area contributed by atoms with Crippen LogP contribution >= 0.6 is 0 Å². The zero-order valence-electron chi connectivity index (χ0n) is 10.1. The quantitative estimate of drug-likeness (QED) is 0.746. The van der Waals surface area contributed by atoms with Crippen molar-refractivity contribution in [2.75, 3.05) is 19.0 Å². The SMILES string of the molecule is C=C1N(C)C(=O)c2c(ncn2CC(C)=O)N1C. The lowest BCUT2D eigenvalue weighted by atomic mass is 10.2. The number of Topliss-reactive ketones (excluding diaryl/α,β-unsaturated/α-hetero) is 1. The Morgan fingerprint density at radius 3 is 2.65 bits per heavy atom. The number of nitrogens with zero attached hydrogens (tertiary/aromatic N) is 4. The van der Waals surface area contributed by atoms with Gasteiger partial charge in [0.1, 0.15) is 11.6 Å². The normalized spacial score (nSPS) is 15.2. The molecule has 0 radical (unpaired) electrons. The molecule has 0 N–H and O–H groups in total. The summed E-state index contributed by atoms with van der Waals surface area (Å²) in [6, 6.07) is 0. The van der Waals surface area contributed by atoms with Crippen LogP contribution in [0.1, 0.15) is 17.4 Å². The molecular weight excluding hydrogens is 220 g/mol. The van der Waals surface area contributed by atoms with Crippen molar-refractivity contribution in [1.29, 1.82) is 0 Å². The van der Waals surface area contributed by atoms with Crippen molar-refractivity contribution in [3.8, 4) is 0 Å². The van der Waals surface area contributed by atoms with Crippen LogP contribution in [0.5, 0.6) is 0 Å². The van der Waals surface area contributed by atoms with Crippen molar-refractivity contribution in [2.24, 2.45) is 0 Å². The number of hydrogen-bond donors (Lipinski definition) is 0. The van der Waals surface area contributed by atoms with Gasteiger partial charge in [-0.1, -0.05) is 6.58 Å². The molecule has 1 aromatic heterocycles. The summed E-state index contributed by atoms with van der Waals surface area (Å²) in [5.41, 5.74) is 0.428. The number of ketones is 1. The molecule has 2 rings (SSSR count). The molecule has 90 valence electrons. The van der Waals surface area contributed by atoms with Crippen LogP contribution in [0, 0.1) is 0 Å². The third-order valence-electron chi connectivity index (χ3n) is 2.81. The Bertz CT molecular complexity index is 518. The van der Waals surface area contributed by atoms with Crippen molar-refractivity contribution >= 4 is 17.5 Å². The minimum Gasteiger partial charge on any atom is -0.317 e. The predicted molar refractivity (Wildman–Crippen MR) is 62.5 cm³/mol. The van der Waals surface area contributed by atoms with E-state index in [4.69, 9.17) is 0 Å². The van der Waals surface area contributed by atoms with Crippen LogP contribution in [0.15, 0.2) is 18.7 Å². The monoisotopic (exact) mass is 234 g/mol. The average molecular weight is 234 g/mol. The van der Waals surface area contributed by atoms with Crippen LogP contribution < -0.4 is 4.90 Å². The maximum absolute atomic E-state index is 12.1. The first kappa shape index (κ1) is 11.4. The third kappa shape index (κ3) is 1.61. The van der Waals surface area contributed by atoms with Crippen molar-refractivity contribution in [3.05, 3.63) is 24.4 Å². The lowest BCUT2D eigenvalue weighted by molar-refractivity contribution is -0.117. The highest BCUT2D eigenvalue weighted by Crippen LogP contribution is 2.28. The second-order valence-electron chi connectivity index (χ2n) is 4.09. The Morgan fingerprint density at radius 2 is 2.06 bits per heavy atom. The summed E-state index contributed by atoms with van der Waals surface area (Å²) in [4.78, 5) is 30.6. The van der Waals surface area contributed by atoms with E-state index in [0.717, 1.165) is 0 Å². The number of carbonyl (C=O) groups excluding carboxylic acids is 2. The lowest BCUT2D eigenvalue weighted by Crippen LogP contribution is -2.41. The number of hydrogen-bond acceptors (Lipinski definition) is 4. The Hall–Kier alpha value is -2.11. The Kier molecular flexibility index (Phi) is 2.49. The van der Waals surface area contributed by atoms with Gasteiger partial charge in [-0.15, -0.1) is 0 Å². The van der Waals surface area contributed by atoms with Gasteiger partial charge in [0.15, 0.2) is 11.5 Å². The number of imidazole rings is 1. The first-order valence-electron chi connectivity index (χ1n) is 5.18. The number of carbonyl (C=O) groups is 2. The minimum atomic E-state index is -0.193. The minimum absolute atomic E-state index is 0.0206. The summed E-state index contributed by atoms with van der Waals surface area (Å²) < 4.78 is 1.57. The van der Waals surface area contributed by atoms with Gasteiger partial charge in [0, 0.05) is 14.1 Å². The molecule has 0 bridgehead atoms. The zero-order chi connectivity index (χ0) is 12.7. The first-order chi connectivity index (χ1) is 7.93. The third-order valence-corrected chi connectivity index (χ3v) is 2.81. The van der Waals surface area contributed by atoms with Gasteiger partial charge in [0.05, 0.1) is 12.9 Å². The van der Waals surface area contributed by atoms with E-state index in [2.05, 4.69) is 11.6 Å². The molecule has 1 amide bonds. The molecule has 0 aromatic carbocycles. The first-order valence-corrected chi connectivity index (χ1v) is 5.18. The second-order valence-corrected chi connectivity index (χ2v) is 4.09. The summed E-state index contributed by atoms with van der Waals surface area (Å²) in [6.07, 6.45) is 1.51. The largest absolute Gasteiger partial charge is 0.317 e. The molecular formula is C11H14N4O2. The maximum Gasteiger partial charge on any atom is 0.279 e. The van der Waals surface area contributed by atoms with Gasteiger partial charge in [0.2, 0.25) is 0 Å². The standard InChI is InChI=1S/C11H14N4O2/c1-7(16)5-15-6-12-10-9(15)11(17)14(4)8(2)13(10)3/h6H,2,5H2,1,3-4H3. The van der Waals surface area contributed by atoms with Crippen molar-refractivity contribution < 1.29 is 9.59 Å². The van der Waals surface area contributed by atoms with Crippen molar-refractivity contribution in [2.45, 2.75) is 13.5 Å². The van der Waals surface area contributed by atoms with E-state index >= 15 is 0 Å². The number of amides is 1. The molecule has 0 spiro atoms. The van der Waals surface area contributed by atoms with E-state index in [0.29, 0.717) is 17.3 Å². The molecule has 1 aromatic rings. The molecule has 0 saturated carbocycles. The number of fused-ring (bicyclic) bond motifs is 1. The molecule has 0 aliphatic carbocycles. The summed E-state index contributed by atoms with van der Waals surface area (Å²) in [7, 11) is 3.43. The molecule has 1 aliphatic heterocycles. The van der Waals surface area contributed by atoms with E-state index in [1.807, 2.05) is 0 Å². The summed E-state index contributed by atoms with van der Waals surface area (Å²) in [6.45, 7) is 5.44. The summed E-state index contributed by atoms with van der Waals surface area (Å²) in [5, 5.41) is 0. The molecule has 0 atom stereocenters. The highest BCUT2D eigenvalue weighted by Gasteiger charge is 2.32. The number of aromatic nitrogens is 2. The van der Waals surface area contributed by atoms with Crippen LogP contribution in [0.25, 0.3) is 0 Å². The van der Waals surface area contributed by atoms with Gasteiger partial charge in [-0.05, 0) is 6.92 Å². The molecule has 0 unspecified atom stereocenters. The topological polar surface area (TPSA) is 58.4 Å². The Balaban J connectivity index is 2.53. The fraction of sp³-hybridized carbons (Fsp3) is 0.364. The van der Waals surface area contributed by atoms with Gasteiger partial charge in [-0.2, -0.15) is 0 Å². The smallest absolute Gasteiger partial charge is 0.279 e. The summed E-state index contributed by atoms with van der Waals surface area (Å²) >= 11 is 0. The van der Waals surface area contributed by atoms with Gasteiger partial charge in [0.25, 0.3) is 5.91 Å². The molecule has 0 saturated heterocycles. The summed E-state index contributed by atoms with van der Waals surface area (Å²) in [5.74, 6) is 0.893. The van der Waals surface area contributed by atoms with E-state index in [-0.39, 0.29) is 18.2 Å². The van der Waals surface area contributed by atoms with Crippen molar-refractivity contribution in [3.63, 3.8) is 0 Å². The molecule has 2 heterocycles. The molecule has 1 aliphatic rings. The zero-order valence-corrected chi connectivity index (χ0v) is 10.1. The van der Waals surface area contributed by atoms with Crippen LogP contribution in [0.3, 0.4) is 0 Å². The van der Waals surface area contributed by atoms with E-state index in [1.54, 1.807) is 23.6 Å². The van der Waals surface area contributed by atoms with Gasteiger partial charge in [-0.25, -0.2) is 4.98 Å². The second kappa shape index (κ2) is 3.73. The van der Waals surface area contributed by atoms with Gasteiger partial charge in [-0.3, -0.25) is 14.5 Å². The van der Waals surface area contributed by atoms with Crippen LogP contribution in [0.2, 0.25) is 0 Å². The number of rotatable bonds is 2. The van der Waals surface area contributed by atoms with Crippen LogP contribution in [-0.4, -0.2) is 40.2 Å². The predicted octanol–water partition coefficient (Wildman–Crippen LogP) is 0.465. The van der Waals surface area contributed by atoms with Crippen LogP contribution in [-0.2, 0) is 11.3 Å². The van der Waals surface area contributed by atoms with Crippen LogP contribution in [0.4, 0.5) is 5.82 Å². The number of anilines is 1. The fourth-order valence-electron chi connectivity index (χ4n) is 1.82. The van der Waals surface area contributed by atoms with Gasteiger partial charge < -0.3 is 9.47 Å². The Morgan fingerprint density at radius 1 is 1.41 bits per heavy atom. The van der Waals surface area contributed by atoms with Gasteiger partial charge >= 0.3 is 0 Å². The Labute approximate surface area is 99.1 Å². The highest BCUT2D eigenvalue weighted by molar-refractivity contribution is 6.01. The average Bonchev–Trinajstić information content (AvgIpc) is 2.66. The van der Waals surface area contributed by atoms with Crippen molar-refractivity contribution in [1.82, 2.24) is 14.5 Å².